The molecule has 136 valence electrons. The second-order valence-electron chi connectivity index (χ2n) is 5.47. The lowest BCUT2D eigenvalue weighted by Crippen LogP contribution is -2.04. The average Bonchev–Trinajstić information content (AvgIpc) is 2.66. The van der Waals surface area contributed by atoms with Crippen molar-refractivity contribution in [1.82, 2.24) is 0 Å². The van der Waals surface area contributed by atoms with Gasteiger partial charge in [0.05, 0.1) is 12.7 Å². The van der Waals surface area contributed by atoms with Crippen molar-refractivity contribution in [2.24, 2.45) is 0 Å². The molecule has 0 heterocycles. The summed E-state index contributed by atoms with van der Waals surface area (Å²) < 4.78 is 10.2. The van der Waals surface area contributed by atoms with Gasteiger partial charge >= 0.3 is 11.9 Å². The Bertz CT molecular complexity index is 771. The first-order valence-corrected chi connectivity index (χ1v) is 8.12. The predicted octanol–water partition coefficient (Wildman–Crippen LogP) is 3.50. The Morgan fingerprint density at radius 1 is 1.15 bits per heavy atom. The summed E-state index contributed by atoms with van der Waals surface area (Å²) in [7, 11) is 1.48. The summed E-state index contributed by atoms with van der Waals surface area (Å²) in [6, 6.07) is 14.2. The van der Waals surface area contributed by atoms with Crippen LogP contribution in [0.15, 0.2) is 60.7 Å². The number of benzene rings is 2. The molecule has 6 heteroatoms. The van der Waals surface area contributed by atoms with Crippen LogP contribution in [0, 0.1) is 0 Å². The van der Waals surface area contributed by atoms with Crippen molar-refractivity contribution >= 4 is 17.6 Å². The molecule has 0 fully saturated rings. The lowest BCUT2D eigenvalue weighted by Gasteiger charge is -2.08. The first-order chi connectivity index (χ1) is 12.6. The SMILES string of the molecule is COc1cc(NCCC=CC(=O)OCc2ccccc2)cc(C(=O)O)c1. The summed E-state index contributed by atoms with van der Waals surface area (Å²) in [6.45, 7) is 0.777. The normalized spacial score (nSPS) is 10.5. The van der Waals surface area contributed by atoms with Gasteiger partial charge in [0.1, 0.15) is 12.4 Å². The number of ether oxygens (including phenoxy) is 2. The van der Waals surface area contributed by atoms with Crippen LogP contribution in [0.4, 0.5) is 5.69 Å². The van der Waals surface area contributed by atoms with E-state index in [0.717, 1.165) is 5.56 Å². The minimum Gasteiger partial charge on any atom is -0.497 e. The number of carboxylic acid groups (broad SMARTS) is 1. The summed E-state index contributed by atoms with van der Waals surface area (Å²) in [4.78, 5) is 22.7. The molecule has 2 N–H and O–H groups in total. The summed E-state index contributed by atoms with van der Waals surface area (Å²) in [5.74, 6) is -0.955. The Hall–Kier alpha value is -3.28. The smallest absolute Gasteiger partial charge is 0.335 e. The monoisotopic (exact) mass is 355 g/mol. The second-order valence-corrected chi connectivity index (χ2v) is 5.47. The quantitative estimate of drug-likeness (QED) is 0.407. The van der Waals surface area contributed by atoms with Crippen LogP contribution in [0.3, 0.4) is 0 Å². The minimum absolute atomic E-state index is 0.145. The van der Waals surface area contributed by atoms with E-state index in [1.165, 1.54) is 25.3 Å². The van der Waals surface area contributed by atoms with Crippen LogP contribution >= 0.6 is 0 Å². The molecule has 0 aliphatic carbocycles. The van der Waals surface area contributed by atoms with Crippen LogP contribution < -0.4 is 10.1 Å². The van der Waals surface area contributed by atoms with Crippen molar-refractivity contribution in [3.05, 3.63) is 71.8 Å². The molecular weight excluding hydrogens is 334 g/mol. The van der Waals surface area contributed by atoms with Crippen molar-refractivity contribution < 1.29 is 24.2 Å². The number of hydrogen-bond acceptors (Lipinski definition) is 5. The Labute approximate surface area is 152 Å². The highest BCUT2D eigenvalue weighted by atomic mass is 16.5. The maximum atomic E-state index is 11.6. The van der Waals surface area contributed by atoms with Gasteiger partial charge in [-0.15, -0.1) is 0 Å². The molecule has 0 spiro atoms. The van der Waals surface area contributed by atoms with Crippen molar-refractivity contribution in [3.8, 4) is 5.75 Å². The average molecular weight is 355 g/mol. The number of methoxy groups -OCH3 is 1. The van der Waals surface area contributed by atoms with Crippen LogP contribution in [0.5, 0.6) is 5.75 Å². The molecular formula is C20H21NO5. The van der Waals surface area contributed by atoms with Gasteiger partial charge < -0.3 is 19.9 Å². The number of hydrogen-bond donors (Lipinski definition) is 2. The lowest BCUT2D eigenvalue weighted by atomic mass is 10.2. The van der Waals surface area contributed by atoms with Gasteiger partial charge in [-0.2, -0.15) is 0 Å². The van der Waals surface area contributed by atoms with Gasteiger partial charge in [0, 0.05) is 24.4 Å². The molecule has 6 nitrogen and oxygen atoms in total. The number of nitrogens with one attached hydrogen (secondary N) is 1. The molecule has 26 heavy (non-hydrogen) atoms. The fraction of sp³-hybridized carbons (Fsp3) is 0.200. The fourth-order valence-electron chi connectivity index (χ4n) is 2.20. The van der Waals surface area contributed by atoms with Crippen molar-refractivity contribution in [3.63, 3.8) is 0 Å². The summed E-state index contributed by atoms with van der Waals surface area (Å²) >= 11 is 0. The molecule has 0 amide bonds. The molecule has 2 aromatic carbocycles. The molecule has 0 unspecified atom stereocenters. The molecule has 0 saturated carbocycles. The molecule has 0 radical (unpaired) electrons. The maximum Gasteiger partial charge on any atom is 0.335 e. The highest BCUT2D eigenvalue weighted by Gasteiger charge is 2.07. The predicted molar refractivity (Wildman–Crippen MR) is 98.4 cm³/mol. The lowest BCUT2D eigenvalue weighted by molar-refractivity contribution is -0.139. The van der Waals surface area contributed by atoms with Gasteiger partial charge in [-0.05, 0) is 24.1 Å². The van der Waals surface area contributed by atoms with E-state index in [9.17, 15) is 9.59 Å². The van der Waals surface area contributed by atoms with Crippen molar-refractivity contribution in [1.29, 1.82) is 0 Å². The largest absolute Gasteiger partial charge is 0.497 e. The molecule has 0 aromatic heterocycles. The van der Waals surface area contributed by atoms with E-state index in [2.05, 4.69) is 5.32 Å². The fourth-order valence-corrected chi connectivity index (χ4v) is 2.20. The summed E-state index contributed by atoms with van der Waals surface area (Å²) in [6.07, 6.45) is 3.68. The molecule has 2 aromatic rings. The third kappa shape index (κ3) is 6.32. The van der Waals surface area contributed by atoms with Crippen molar-refractivity contribution in [2.45, 2.75) is 13.0 Å². The third-order valence-corrected chi connectivity index (χ3v) is 3.51. The van der Waals surface area contributed by atoms with Crippen LogP contribution in [0.1, 0.15) is 22.3 Å². The summed E-state index contributed by atoms with van der Waals surface area (Å²) in [5, 5.41) is 12.2. The van der Waals surface area contributed by atoms with Gasteiger partial charge in [0.2, 0.25) is 0 Å². The number of rotatable bonds is 9. The number of aromatic carboxylic acids is 1. The molecule has 0 bridgehead atoms. The number of anilines is 1. The Morgan fingerprint density at radius 3 is 2.62 bits per heavy atom. The van der Waals surface area contributed by atoms with E-state index in [1.807, 2.05) is 30.3 Å². The topological polar surface area (TPSA) is 84.9 Å². The highest BCUT2D eigenvalue weighted by Crippen LogP contribution is 2.20. The van der Waals surface area contributed by atoms with Gasteiger partial charge in [-0.3, -0.25) is 0 Å². The van der Waals surface area contributed by atoms with Gasteiger partial charge in [-0.25, -0.2) is 9.59 Å². The molecule has 2 rings (SSSR count). The van der Waals surface area contributed by atoms with Crippen molar-refractivity contribution in [2.75, 3.05) is 19.0 Å². The van der Waals surface area contributed by atoms with E-state index in [4.69, 9.17) is 14.6 Å². The molecule has 0 atom stereocenters. The Morgan fingerprint density at radius 2 is 1.92 bits per heavy atom. The number of carboxylic acids is 1. The number of carbonyl (C=O) groups is 2. The van der Waals surface area contributed by atoms with Gasteiger partial charge in [0.15, 0.2) is 0 Å². The first kappa shape index (κ1) is 19.1. The maximum absolute atomic E-state index is 11.6. The molecule has 0 aliphatic rings. The Kier molecular flexibility index (Phi) is 7.24. The molecule has 0 saturated heterocycles. The Balaban J connectivity index is 1.75. The first-order valence-electron chi connectivity index (χ1n) is 8.12. The zero-order valence-corrected chi connectivity index (χ0v) is 14.5. The van der Waals surface area contributed by atoms with E-state index >= 15 is 0 Å². The van der Waals surface area contributed by atoms with E-state index in [0.29, 0.717) is 24.4 Å². The minimum atomic E-state index is -1.02. The van der Waals surface area contributed by atoms with Crippen LogP contribution in [0.2, 0.25) is 0 Å². The van der Waals surface area contributed by atoms with E-state index in [1.54, 1.807) is 12.1 Å². The van der Waals surface area contributed by atoms with Gasteiger partial charge in [-0.1, -0.05) is 36.4 Å². The standard InChI is InChI=1S/C20H21NO5/c1-25-18-12-16(20(23)24)11-17(13-18)21-10-6-5-9-19(22)26-14-15-7-3-2-4-8-15/h2-5,7-9,11-13,21H,6,10,14H2,1H3,(H,23,24). The zero-order valence-electron chi connectivity index (χ0n) is 14.5. The number of esters is 1. The van der Waals surface area contributed by atoms with E-state index < -0.39 is 11.9 Å². The second kappa shape index (κ2) is 9.88. The van der Waals surface area contributed by atoms with Gasteiger partial charge in [0.25, 0.3) is 0 Å². The third-order valence-electron chi connectivity index (χ3n) is 3.51. The van der Waals surface area contributed by atoms with Crippen LogP contribution in [0.25, 0.3) is 0 Å². The summed E-state index contributed by atoms with van der Waals surface area (Å²) in [5.41, 5.74) is 1.72. The zero-order chi connectivity index (χ0) is 18.8. The molecule has 0 aliphatic heterocycles. The van der Waals surface area contributed by atoms with E-state index in [-0.39, 0.29) is 12.2 Å². The highest BCUT2D eigenvalue weighted by molar-refractivity contribution is 5.89. The van der Waals surface area contributed by atoms with Crippen LogP contribution in [-0.2, 0) is 16.1 Å². The number of carbonyl (C=O) groups excluding carboxylic acids is 1. The van der Waals surface area contributed by atoms with Crippen LogP contribution in [-0.4, -0.2) is 30.7 Å².